The summed E-state index contributed by atoms with van der Waals surface area (Å²) < 4.78 is 40.1. The van der Waals surface area contributed by atoms with E-state index in [2.05, 4.69) is 0 Å². The first kappa shape index (κ1) is 34.6. The maximum Gasteiger partial charge on any atom is 0.344 e. The Bertz CT molecular complexity index is 1250. The van der Waals surface area contributed by atoms with Crippen molar-refractivity contribution < 1.29 is 62.2 Å². The molecule has 0 bridgehead atoms. The monoisotopic (exact) mass is 636 g/mol. The van der Waals surface area contributed by atoms with Crippen molar-refractivity contribution in [3.63, 3.8) is 0 Å². The van der Waals surface area contributed by atoms with Crippen LogP contribution in [0.2, 0.25) is 0 Å². The molecule has 1 N–H and O–H groups in total. The molecule has 2 saturated heterocycles. The second-order valence-corrected chi connectivity index (χ2v) is 13.0. The Labute approximate surface area is 262 Å². The molecule has 13 heteroatoms. The van der Waals surface area contributed by atoms with Crippen LogP contribution in [-0.4, -0.2) is 97.5 Å². The van der Waals surface area contributed by atoms with E-state index in [1.165, 1.54) is 34.0 Å². The largest absolute Gasteiger partial charge is 0.462 e. The molecule has 4 rings (SSSR count). The predicted octanol–water partition coefficient (Wildman–Crippen LogP) is 1.97. The second kappa shape index (κ2) is 13.2. The number of hydrogen-bond donors (Lipinski definition) is 1. The standard InChI is InChI=1S/C32H44O13/c1-17(2)12-25(35)40-15-26(36)44-22-9-8-21(14-39-7)13-24-32(38,18(3)29(37)45-24)28(43-20(5)34)27-30(22,6)23(42-19(4)33)10-11-31(27)16-41-31/h8-9,13,17-18,22-24,27-28,38H,10-12,14-16H2,1-7H3/b9-8-,21-13-/t18-,22-,23-,24-,27+,28-,30-,31-,32-/m0/s1. The van der Waals surface area contributed by atoms with Crippen molar-refractivity contribution in [2.75, 3.05) is 26.9 Å². The van der Waals surface area contributed by atoms with E-state index in [-0.39, 0.29) is 32.0 Å². The zero-order valence-electron chi connectivity index (χ0n) is 26.9. The minimum atomic E-state index is -2.11. The van der Waals surface area contributed by atoms with Gasteiger partial charge in [0.25, 0.3) is 0 Å². The molecular weight excluding hydrogens is 592 g/mol. The number of ether oxygens (including phenoxy) is 7. The molecule has 0 unspecified atom stereocenters. The Morgan fingerprint density at radius 2 is 1.76 bits per heavy atom. The Morgan fingerprint density at radius 3 is 2.33 bits per heavy atom. The summed E-state index contributed by atoms with van der Waals surface area (Å²) >= 11 is 0. The van der Waals surface area contributed by atoms with Crippen molar-refractivity contribution in [2.24, 2.45) is 23.2 Å². The van der Waals surface area contributed by atoms with Crippen LogP contribution in [0, 0.1) is 23.2 Å². The third-order valence-corrected chi connectivity index (χ3v) is 9.34. The molecule has 2 heterocycles. The molecule has 2 aliphatic carbocycles. The number of hydrogen-bond acceptors (Lipinski definition) is 13. The SMILES string of the molecule is COCC1=C\[C@@H]2OC(=O)[C@H](C)[C@@]2(O)[C@@H](OC(C)=O)[C@H]2[C@]3(CC[C@H](OC(C)=O)[C@]2(C)[C@@H](OC(=O)COC(=O)CC(C)C)/C=C\1)CO3. The van der Waals surface area contributed by atoms with Gasteiger partial charge in [0.15, 0.2) is 18.3 Å². The van der Waals surface area contributed by atoms with Gasteiger partial charge in [-0.1, -0.05) is 26.8 Å². The third-order valence-electron chi connectivity index (χ3n) is 9.34. The van der Waals surface area contributed by atoms with Crippen LogP contribution in [0.25, 0.3) is 0 Å². The highest BCUT2D eigenvalue weighted by atomic mass is 16.6. The molecule has 0 aromatic carbocycles. The van der Waals surface area contributed by atoms with Gasteiger partial charge in [-0.05, 0) is 43.4 Å². The van der Waals surface area contributed by atoms with Gasteiger partial charge in [0.1, 0.15) is 18.3 Å². The molecule has 2 aliphatic heterocycles. The summed E-state index contributed by atoms with van der Waals surface area (Å²) in [5.74, 6) is -5.62. The summed E-state index contributed by atoms with van der Waals surface area (Å²) in [6.07, 6.45) is 0.624. The van der Waals surface area contributed by atoms with Crippen LogP contribution in [0.1, 0.15) is 60.8 Å². The summed E-state index contributed by atoms with van der Waals surface area (Å²) in [7, 11) is 1.46. The molecule has 0 aromatic heterocycles. The van der Waals surface area contributed by atoms with Gasteiger partial charge in [-0.15, -0.1) is 0 Å². The van der Waals surface area contributed by atoms with Gasteiger partial charge in [0.2, 0.25) is 0 Å². The van der Waals surface area contributed by atoms with Gasteiger partial charge < -0.3 is 38.3 Å². The predicted molar refractivity (Wildman–Crippen MR) is 154 cm³/mol. The molecule has 0 aromatic rings. The highest BCUT2D eigenvalue weighted by Crippen LogP contribution is 2.62. The Kier molecular flexibility index (Phi) is 10.2. The Hall–Kier alpha value is -3.29. The number of aliphatic hydroxyl groups is 1. The second-order valence-electron chi connectivity index (χ2n) is 13.0. The van der Waals surface area contributed by atoms with Crippen LogP contribution in [-0.2, 0) is 57.1 Å². The maximum atomic E-state index is 13.3. The first-order valence-electron chi connectivity index (χ1n) is 15.2. The summed E-state index contributed by atoms with van der Waals surface area (Å²) in [6.45, 7) is 8.86. The van der Waals surface area contributed by atoms with E-state index in [1.807, 2.05) is 13.8 Å². The van der Waals surface area contributed by atoms with E-state index >= 15 is 0 Å². The van der Waals surface area contributed by atoms with E-state index in [0.717, 1.165) is 0 Å². The number of carbonyl (C=O) groups excluding carboxylic acids is 5. The van der Waals surface area contributed by atoms with Crippen LogP contribution in [0.3, 0.4) is 0 Å². The van der Waals surface area contributed by atoms with Crippen molar-refractivity contribution >= 4 is 29.8 Å². The Morgan fingerprint density at radius 1 is 1.09 bits per heavy atom. The summed E-state index contributed by atoms with van der Waals surface area (Å²) in [5.41, 5.74) is -4.07. The van der Waals surface area contributed by atoms with E-state index in [1.54, 1.807) is 19.1 Å². The molecule has 9 atom stereocenters. The number of carbonyl (C=O) groups is 5. The van der Waals surface area contributed by atoms with Gasteiger partial charge in [-0.3, -0.25) is 19.2 Å². The van der Waals surface area contributed by atoms with E-state index in [4.69, 9.17) is 33.2 Å². The van der Waals surface area contributed by atoms with Gasteiger partial charge in [0, 0.05) is 33.3 Å². The minimum absolute atomic E-state index is 0.0152. The average Bonchev–Trinajstić information content (AvgIpc) is 3.68. The molecule has 1 saturated carbocycles. The molecule has 13 nitrogen and oxygen atoms in total. The van der Waals surface area contributed by atoms with Crippen molar-refractivity contribution in [1.82, 2.24) is 0 Å². The molecule has 4 aliphatic rings. The number of methoxy groups -OCH3 is 1. The van der Waals surface area contributed by atoms with Gasteiger partial charge in [-0.25, -0.2) is 4.79 Å². The molecule has 3 fully saturated rings. The van der Waals surface area contributed by atoms with Crippen LogP contribution in [0.15, 0.2) is 23.8 Å². The molecule has 0 radical (unpaired) electrons. The van der Waals surface area contributed by atoms with Crippen molar-refractivity contribution in [1.29, 1.82) is 0 Å². The minimum Gasteiger partial charge on any atom is -0.462 e. The smallest absolute Gasteiger partial charge is 0.344 e. The quantitative estimate of drug-likeness (QED) is 0.221. The lowest BCUT2D eigenvalue weighted by Crippen LogP contribution is -2.69. The summed E-state index contributed by atoms with van der Waals surface area (Å²) in [4.78, 5) is 63.7. The fourth-order valence-corrected chi connectivity index (χ4v) is 7.12. The van der Waals surface area contributed by atoms with E-state index in [9.17, 15) is 29.1 Å². The highest BCUT2D eigenvalue weighted by Gasteiger charge is 2.74. The molecule has 0 amide bonds. The van der Waals surface area contributed by atoms with Crippen LogP contribution in [0.5, 0.6) is 0 Å². The van der Waals surface area contributed by atoms with Crippen LogP contribution in [0.4, 0.5) is 0 Å². The lowest BCUT2D eigenvalue weighted by Gasteiger charge is -2.56. The van der Waals surface area contributed by atoms with Crippen LogP contribution >= 0.6 is 0 Å². The topological polar surface area (TPSA) is 173 Å². The molecular formula is C32H44O13. The maximum absolute atomic E-state index is 13.3. The fourth-order valence-electron chi connectivity index (χ4n) is 7.12. The summed E-state index contributed by atoms with van der Waals surface area (Å²) in [6, 6.07) is 0. The Balaban J connectivity index is 1.91. The normalized spacial score (nSPS) is 39.0. The molecule has 1 spiro atoms. The van der Waals surface area contributed by atoms with Crippen molar-refractivity contribution in [3.8, 4) is 0 Å². The number of esters is 5. The van der Waals surface area contributed by atoms with E-state index in [0.29, 0.717) is 12.0 Å². The molecule has 45 heavy (non-hydrogen) atoms. The number of rotatable bonds is 9. The van der Waals surface area contributed by atoms with Crippen LogP contribution < -0.4 is 0 Å². The first-order valence-corrected chi connectivity index (χ1v) is 15.2. The highest BCUT2D eigenvalue weighted by molar-refractivity contribution is 5.78. The number of epoxide rings is 1. The third kappa shape index (κ3) is 6.80. The zero-order chi connectivity index (χ0) is 33.3. The van der Waals surface area contributed by atoms with Gasteiger partial charge in [-0.2, -0.15) is 0 Å². The molecule has 250 valence electrons. The van der Waals surface area contributed by atoms with Gasteiger partial charge >= 0.3 is 29.8 Å². The number of fused-ring (bicyclic) bond motifs is 3. The zero-order valence-corrected chi connectivity index (χ0v) is 26.9. The first-order chi connectivity index (χ1) is 21.1. The van der Waals surface area contributed by atoms with Crippen molar-refractivity contribution in [2.45, 2.75) is 96.4 Å². The van der Waals surface area contributed by atoms with Crippen molar-refractivity contribution in [3.05, 3.63) is 23.8 Å². The lowest BCUT2D eigenvalue weighted by atomic mass is 9.53. The van der Waals surface area contributed by atoms with Gasteiger partial charge in [0.05, 0.1) is 30.1 Å². The fraction of sp³-hybridized carbons (Fsp3) is 0.719. The van der Waals surface area contributed by atoms with E-state index < -0.39 is 89.3 Å². The summed E-state index contributed by atoms with van der Waals surface area (Å²) in [5, 5.41) is 12.6. The average molecular weight is 637 g/mol. The lowest BCUT2D eigenvalue weighted by molar-refractivity contribution is -0.237.